The third-order valence-corrected chi connectivity index (χ3v) is 3.52. The molecule has 17 heavy (non-hydrogen) atoms. The molecule has 1 N–H and O–H groups in total. The molecule has 0 saturated carbocycles. The lowest BCUT2D eigenvalue weighted by molar-refractivity contribution is 0.112. The molecule has 0 amide bonds. The van der Waals surface area contributed by atoms with Crippen LogP contribution in [0.5, 0.6) is 0 Å². The van der Waals surface area contributed by atoms with Crippen molar-refractivity contribution in [2.45, 2.75) is 25.7 Å². The van der Waals surface area contributed by atoms with E-state index < -0.39 is 0 Å². The van der Waals surface area contributed by atoms with Gasteiger partial charge in [0.25, 0.3) is 0 Å². The maximum atomic E-state index is 11.3. The van der Waals surface area contributed by atoms with E-state index in [1.54, 1.807) is 0 Å². The molecule has 0 aliphatic heterocycles. The summed E-state index contributed by atoms with van der Waals surface area (Å²) in [6.45, 7) is 0. The molecule has 1 aromatic heterocycles. The minimum absolute atomic E-state index is 0.867. The van der Waals surface area contributed by atoms with Crippen molar-refractivity contribution in [3.05, 3.63) is 47.2 Å². The second-order valence-electron chi connectivity index (χ2n) is 4.56. The van der Waals surface area contributed by atoms with Crippen LogP contribution < -0.4 is 0 Å². The molecule has 2 heteroatoms. The lowest BCUT2D eigenvalue weighted by Crippen LogP contribution is -2.01. The summed E-state index contributed by atoms with van der Waals surface area (Å²) in [4.78, 5) is 14.8. The van der Waals surface area contributed by atoms with Gasteiger partial charge in [0.15, 0.2) is 6.29 Å². The quantitative estimate of drug-likeness (QED) is 0.781. The molecule has 0 atom stereocenters. The predicted molar refractivity (Wildman–Crippen MR) is 68.3 cm³/mol. The number of carbonyl (C=O) groups is 1. The Morgan fingerprint density at radius 2 is 1.82 bits per heavy atom. The van der Waals surface area contributed by atoms with Gasteiger partial charge in [0.2, 0.25) is 0 Å². The zero-order chi connectivity index (χ0) is 11.7. The maximum Gasteiger partial charge on any atom is 0.152 e. The van der Waals surface area contributed by atoms with Crippen LogP contribution in [0.3, 0.4) is 0 Å². The Labute approximate surface area is 101 Å². The smallest absolute Gasteiger partial charge is 0.152 e. The van der Waals surface area contributed by atoms with E-state index in [-0.39, 0.29) is 0 Å². The number of benzene rings is 1. The van der Waals surface area contributed by atoms with E-state index >= 15 is 0 Å². The number of hydrogen-bond donors (Lipinski definition) is 1. The molecular weight excluding hydrogens is 210 g/mol. The van der Waals surface area contributed by atoms with E-state index in [0.29, 0.717) is 0 Å². The Morgan fingerprint density at radius 3 is 2.59 bits per heavy atom. The van der Waals surface area contributed by atoms with E-state index in [9.17, 15) is 4.79 Å². The minimum atomic E-state index is 0.867. The number of fused-ring (bicyclic) bond motifs is 1. The largest absolute Gasteiger partial charge is 0.358 e. The topological polar surface area (TPSA) is 32.9 Å². The first-order chi connectivity index (χ1) is 8.40. The van der Waals surface area contributed by atoms with Crippen LogP contribution in [0.4, 0.5) is 0 Å². The zero-order valence-electron chi connectivity index (χ0n) is 9.70. The van der Waals surface area contributed by atoms with Gasteiger partial charge in [-0.05, 0) is 36.8 Å². The second-order valence-corrected chi connectivity index (χ2v) is 4.56. The Balaban J connectivity index is 2.17. The van der Waals surface area contributed by atoms with Crippen LogP contribution in [0.2, 0.25) is 0 Å². The molecule has 1 aromatic carbocycles. The van der Waals surface area contributed by atoms with Crippen molar-refractivity contribution in [3.8, 4) is 11.3 Å². The van der Waals surface area contributed by atoms with Gasteiger partial charge in [-0.15, -0.1) is 0 Å². The molecule has 0 bridgehead atoms. The predicted octanol–water partition coefficient (Wildman–Crippen LogP) is 3.37. The van der Waals surface area contributed by atoms with Crippen LogP contribution in [0.1, 0.15) is 34.5 Å². The van der Waals surface area contributed by atoms with E-state index in [1.807, 2.05) is 30.3 Å². The zero-order valence-corrected chi connectivity index (χ0v) is 9.70. The first-order valence-electron chi connectivity index (χ1n) is 6.14. The summed E-state index contributed by atoms with van der Waals surface area (Å²) in [5, 5.41) is 0. The standard InChI is InChI=1S/C15H15NO/c17-10-13-12-8-4-5-9-14(12)16-15(13)11-6-2-1-3-7-11/h1-3,6-7,10,16H,4-5,8-9H2. The Hall–Kier alpha value is -1.83. The Morgan fingerprint density at radius 1 is 1.06 bits per heavy atom. The fourth-order valence-corrected chi connectivity index (χ4v) is 2.67. The van der Waals surface area contributed by atoms with Gasteiger partial charge in [-0.3, -0.25) is 4.79 Å². The summed E-state index contributed by atoms with van der Waals surface area (Å²) < 4.78 is 0. The number of aldehydes is 1. The molecule has 2 nitrogen and oxygen atoms in total. The highest BCUT2D eigenvalue weighted by Gasteiger charge is 2.19. The van der Waals surface area contributed by atoms with Crippen molar-refractivity contribution < 1.29 is 4.79 Å². The van der Waals surface area contributed by atoms with E-state index in [1.165, 1.54) is 24.1 Å². The van der Waals surface area contributed by atoms with Gasteiger partial charge in [0.1, 0.15) is 0 Å². The van der Waals surface area contributed by atoms with Gasteiger partial charge in [-0.2, -0.15) is 0 Å². The number of rotatable bonds is 2. The molecule has 1 aliphatic carbocycles. The third-order valence-electron chi connectivity index (χ3n) is 3.52. The number of hydrogen-bond acceptors (Lipinski definition) is 1. The van der Waals surface area contributed by atoms with E-state index in [2.05, 4.69) is 4.98 Å². The van der Waals surface area contributed by atoms with Gasteiger partial charge < -0.3 is 4.98 Å². The van der Waals surface area contributed by atoms with Crippen molar-refractivity contribution in [3.63, 3.8) is 0 Å². The van der Waals surface area contributed by atoms with E-state index in [4.69, 9.17) is 0 Å². The summed E-state index contributed by atoms with van der Waals surface area (Å²) in [6, 6.07) is 10.1. The van der Waals surface area contributed by atoms with Gasteiger partial charge in [-0.25, -0.2) is 0 Å². The molecule has 0 fully saturated rings. The molecular formula is C15H15NO. The first-order valence-corrected chi connectivity index (χ1v) is 6.14. The van der Waals surface area contributed by atoms with Crippen molar-refractivity contribution in [1.29, 1.82) is 0 Å². The number of aromatic nitrogens is 1. The molecule has 0 spiro atoms. The lowest BCUT2D eigenvalue weighted by atomic mass is 9.94. The number of aromatic amines is 1. The third kappa shape index (κ3) is 1.70. The first kappa shape index (κ1) is 10.3. The number of nitrogens with one attached hydrogen (secondary N) is 1. The summed E-state index contributed by atoms with van der Waals surface area (Å²) >= 11 is 0. The average Bonchev–Trinajstić information content (AvgIpc) is 2.78. The Kier molecular flexibility index (Phi) is 2.56. The second kappa shape index (κ2) is 4.21. The van der Waals surface area contributed by atoms with Crippen molar-refractivity contribution in [2.24, 2.45) is 0 Å². The molecule has 1 heterocycles. The van der Waals surface area contributed by atoms with Gasteiger partial charge in [0.05, 0.1) is 5.69 Å². The van der Waals surface area contributed by atoms with Crippen molar-refractivity contribution >= 4 is 6.29 Å². The van der Waals surface area contributed by atoms with Crippen LogP contribution in [-0.2, 0) is 12.8 Å². The lowest BCUT2D eigenvalue weighted by Gasteiger charge is -2.10. The number of H-pyrrole nitrogens is 1. The van der Waals surface area contributed by atoms with Gasteiger partial charge in [0, 0.05) is 11.3 Å². The molecule has 3 rings (SSSR count). The van der Waals surface area contributed by atoms with Crippen LogP contribution in [-0.4, -0.2) is 11.3 Å². The van der Waals surface area contributed by atoms with Crippen molar-refractivity contribution in [1.82, 2.24) is 4.98 Å². The molecule has 1 aliphatic rings. The summed E-state index contributed by atoms with van der Waals surface area (Å²) in [5.74, 6) is 0. The molecule has 0 radical (unpaired) electrons. The number of aryl methyl sites for hydroxylation is 1. The fraction of sp³-hybridized carbons (Fsp3) is 0.267. The van der Waals surface area contributed by atoms with Crippen LogP contribution in [0.15, 0.2) is 30.3 Å². The summed E-state index contributed by atoms with van der Waals surface area (Å²) in [7, 11) is 0. The van der Waals surface area contributed by atoms with E-state index in [0.717, 1.165) is 35.9 Å². The summed E-state index contributed by atoms with van der Waals surface area (Å²) in [6.07, 6.45) is 5.53. The molecule has 0 unspecified atom stereocenters. The fourth-order valence-electron chi connectivity index (χ4n) is 2.67. The minimum Gasteiger partial charge on any atom is -0.358 e. The SMILES string of the molecule is O=Cc1c(-c2ccccc2)[nH]c2c1CCCC2. The van der Waals surface area contributed by atoms with Crippen molar-refractivity contribution in [2.75, 3.05) is 0 Å². The molecule has 0 saturated heterocycles. The van der Waals surface area contributed by atoms with Crippen LogP contribution in [0, 0.1) is 0 Å². The van der Waals surface area contributed by atoms with Gasteiger partial charge >= 0.3 is 0 Å². The summed E-state index contributed by atoms with van der Waals surface area (Å²) in [5.41, 5.74) is 5.46. The van der Waals surface area contributed by atoms with Crippen LogP contribution >= 0.6 is 0 Å². The van der Waals surface area contributed by atoms with Crippen LogP contribution in [0.25, 0.3) is 11.3 Å². The normalized spacial score (nSPS) is 14.4. The average molecular weight is 225 g/mol. The molecule has 86 valence electrons. The van der Waals surface area contributed by atoms with Gasteiger partial charge in [-0.1, -0.05) is 30.3 Å². The highest BCUT2D eigenvalue weighted by Crippen LogP contribution is 2.31. The highest BCUT2D eigenvalue weighted by atomic mass is 16.1. The Bertz CT molecular complexity index is 540. The maximum absolute atomic E-state index is 11.3. The highest BCUT2D eigenvalue weighted by molar-refractivity contribution is 5.89. The number of carbonyl (C=O) groups excluding carboxylic acids is 1. The monoisotopic (exact) mass is 225 g/mol. The molecule has 2 aromatic rings.